The average molecular weight is 522 g/mol. The lowest BCUT2D eigenvalue weighted by molar-refractivity contribution is -0.147. The van der Waals surface area contributed by atoms with E-state index in [9.17, 15) is 14.4 Å². The number of benzene rings is 3. The molecule has 0 bridgehead atoms. The van der Waals surface area contributed by atoms with Gasteiger partial charge in [0.25, 0.3) is 5.91 Å². The van der Waals surface area contributed by atoms with Crippen LogP contribution < -0.4 is 15.4 Å². The molecule has 2 N–H and O–H groups in total. The summed E-state index contributed by atoms with van der Waals surface area (Å²) in [5, 5.41) is 6.12. The molecule has 0 aliphatic carbocycles. The quantitative estimate of drug-likeness (QED) is 0.321. The van der Waals surface area contributed by atoms with E-state index in [-0.39, 0.29) is 28.8 Å². The molecule has 0 aliphatic heterocycles. The van der Waals surface area contributed by atoms with Gasteiger partial charge in [-0.05, 0) is 48.5 Å². The summed E-state index contributed by atoms with van der Waals surface area (Å²) in [5.41, 5.74) is 0.834. The molecule has 0 atom stereocenters. The summed E-state index contributed by atoms with van der Waals surface area (Å²) in [5.74, 6) is -0.588. The number of hydrogen-bond acceptors (Lipinski definition) is 5. The first-order chi connectivity index (χ1) is 16.3. The van der Waals surface area contributed by atoms with E-state index < -0.39 is 18.5 Å². The van der Waals surface area contributed by atoms with E-state index in [0.29, 0.717) is 27.9 Å². The van der Waals surface area contributed by atoms with Crippen LogP contribution in [0.2, 0.25) is 15.1 Å². The molecule has 0 aliphatic rings. The molecule has 0 unspecified atom stereocenters. The van der Waals surface area contributed by atoms with Crippen molar-refractivity contribution in [3.63, 3.8) is 0 Å². The molecule has 3 aromatic carbocycles. The molecule has 34 heavy (non-hydrogen) atoms. The zero-order chi connectivity index (χ0) is 24.5. The third-order valence-corrected chi connectivity index (χ3v) is 5.48. The Labute approximate surface area is 210 Å². The van der Waals surface area contributed by atoms with E-state index in [1.165, 1.54) is 0 Å². The number of anilines is 2. The fourth-order valence-corrected chi connectivity index (χ4v) is 3.23. The van der Waals surface area contributed by atoms with Gasteiger partial charge in [-0.25, -0.2) is 0 Å². The molecule has 2 amide bonds. The average Bonchev–Trinajstić information content (AvgIpc) is 2.82. The van der Waals surface area contributed by atoms with Gasteiger partial charge >= 0.3 is 5.97 Å². The molecule has 3 rings (SSSR count). The second-order valence-electron chi connectivity index (χ2n) is 6.92. The highest BCUT2D eigenvalue weighted by molar-refractivity contribution is 6.44. The maximum Gasteiger partial charge on any atom is 0.306 e. The van der Waals surface area contributed by atoms with Gasteiger partial charge in [0, 0.05) is 12.1 Å². The molecule has 3 aromatic rings. The Morgan fingerprint density at radius 3 is 2.18 bits per heavy atom. The molecule has 0 heterocycles. The van der Waals surface area contributed by atoms with Gasteiger partial charge in [0.15, 0.2) is 6.61 Å². The third kappa shape index (κ3) is 7.66. The SMILES string of the molecule is O=C(CCC(=O)OCC(=O)Nc1cccc(Cl)c1Cl)Nc1ccc(Oc2ccccc2Cl)cc1. The van der Waals surface area contributed by atoms with E-state index in [4.69, 9.17) is 44.3 Å². The van der Waals surface area contributed by atoms with Crippen LogP contribution in [-0.4, -0.2) is 24.4 Å². The molecule has 0 aromatic heterocycles. The van der Waals surface area contributed by atoms with Crippen molar-refractivity contribution in [3.05, 3.63) is 81.8 Å². The van der Waals surface area contributed by atoms with Crippen LogP contribution in [0.15, 0.2) is 66.7 Å². The number of rotatable bonds is 9. The van der Waals surface area contributed by atoms with Gasteiger partial charge in [-0.2, -0.15) is 0 Å². The first kappa shape index (κ1) is 25.4. The predicted octanol–water partition coefficient (Wildman–Crippen LogP) is 6.34. The molecule has 0 saturated carbocycles. The van der Waals surface area contributed by atoms with E-state index in [0.717, 1.165) is 0 Å². The lowest BCUT2D eigenvalue weighted by Crippen LogP contribution is -2.22. The van der Waals surface area contributed by atoms with Crippen LogP contribution in [0.3, 0.4) is 0 Å². The number of carbonyl (C=O) groups excluding carboxylic acids is 3. The van der Waals surface area contributed by atoms with Gasteiger partial charge in [-0.1, -0.05) is 53.0 Å². The van der Waals surface area contributed by atoms with Gasteiger partial charge in [-0.15, -0.1) is 0 Å². The van der Waals surface area contributed by atoms with Crippen molar-refractivity contribution in [2.24, 2.45) is 0 Å². The van der Waals surface area contributed by atoms with E-state index in [1.807, 2.05) is 6.07 Å². The molecule has 176 valence electrons. The molecule has 10 heteroatoms. The normalized spacial score (nSPS) is 10.3. The Morgan fingerprint density at radius 2 is 1.44 bits per heavy atom. The zero-order valence-electron chi connectivity index (χ0n) is 17.6. The van der Waals surface area contributed by atoms with Gasteiger partial charge in [0.1, 0.15) is 11.5 Å². The van der Waals surface area contributed by atoms with Crippen molar-refractivity contribution in [1.29, 1.82) is 0 Å². The van der Waals surface area contributed by atoms with Crippen molar-refractivity contribution in [1.82, 2.24) is 0 Å². The topological polar surface area (TPSA) is 93.7 Å². The summed E-state index contributed by atoms with van der Waals surface area (Å²) in [4.78, 5) is 35.9. The van der Waals surface area contributed by atoms with Crippen LogP contribution in [0.25, 0.3) is 0 Å². The Bertz CT molecular complexity index is 1190. The maximum absolute atomic E-state index is 12.1. The summed E-state index contributed by atoms with van der Waals surface area (Å²) >= 11 is 17.9. The highest BCUT2D eigenvalue weighted by Gasteiger charge is 2.13. The van der Waals surface area contributed by atoms with Crippen LogP contribution >= 0.6 is 34.8 Å². The smallest absolute Gasteiger partial charge is 0.306 e. The number of halogens is 3. The van der Waals surface area contributed by atoms with Crippen LogP contribution in [0.4, 0.5) is 11.4 Å². The van der Waals surface area contributed by atoms with Crippen molar-refractivity contribution in [2.75, 3.05) is 17.2 Å². The molecule has 0 radical (unpaired) electrons. The predicted molar refractivity (Wildman–Crippen MR) is 132 cm³/mol. The summed E-state index contributed by atoms with van der Waals surface area (Å²) in [6.45, 7) is -0.518. The standard InChI is InChI=1S/C24H19Cl3N2O5/c25-17-4-1-2-7-20(17)34-16-10-8-15(9-11-16)28-21(30)12-13-23(32)33-14-22(31)29-19-6-3-5-18(26)24(19)27/h1-11H,12-14H2,(H,28,30)(H,29,31). The minimum absolute atomic E-state index is 0.113. The van der Waals surface area contributed by atoms with E-state index >= 15 is 0 Å². The summed E-state index contributed by atoms with van der Waals surface area (Å²) in [6.07, 6.45) is -0.302. The Morgan fingerprint density at radius 1 is 0.735 bits per heavy atom. The first-order valence-electron chi connectivity index (χ1n) is 10.0. The van der Waals surface area contributed by atoms with Crippen molar-refractivity contribution in [3.8, 4) is 11.5 Å². The Balaban J connectivity index is 1.38. The molecule has 0 fully saturated rings. The Hall–Kier alpha value is -3.26. The number of nitrogens with one attached hydrogen (secondary N) is 2. The van der Waals surface area contributed by atoms with Crippen LogP contribution in [0, 0.1) is 0 Å². The minimum Gasteiger partial charge on any atom is -0.456 e. The molecule has 0 spiro atoms. The zero-order valence-corrected chi connectivity index (χ0v) is 19.9. The lowest BCUT2D eigenvalue weighted by Gasteiger charge is -2.10. The number of amides is 2. The van der Waals surface area contributed by atoms with Crippen LogP contribution in [0.1, 0.15) is 12.8 Å². The van der Waals surface area contributed by atoms with Crippen molar-refractivity contribution >= 4 is 64.0 Å². The molecule has 7 nitrogen and oxygen atoms in total. The third-order valence-electron chi connectivity index (χ3n) is 4.35. The summed E-state index contributed by atoms with van der Waals surface area (Å²) in [6, 6.07) is 18.5. The molecular weight excluding hydrogens is 503 g/mol. The van der Waals surface area contributed by atoms with Crippen molar-refractivity contribution in [2.45, 2.75) is 12.8 Å². The van der Waals surface area contributed by atoms with Gasteiger partial charge < -0.3 is 20.1 Å². The Kier molecular flexibility index (Phi) is 9.16. The number of para-hydroxylation sites is 1. The van der Waals surface area contributed by atoms with Gasteiger partial charge in [0.05, 0.1) is 27.2 Å². The fourth-order valence-electron chi connectivity index (χ4n) is 2.70. The molecule has 0 saturated heterocycles. The van der Waals surface area contributed by atoms with E-state index in [2.05, 4.69) is 10.6 Å². The highest BCUT2D eigenvalue weighted by Crippen LogP contribution is 2.30. The summed E-state index contributed by atoms with van der Waals surface area (Å²) < 4.78 is 10.6. The van der Waals surface area contributed by atoms with E-state index in [1.54, 1.807) is 60.7 Å². The number of carbonyl (C=O) groups is 3. The lowest BCUT2D eigenvalue weighted by atomic mass is 10.2. The second-order valence-corrected chi connectivity index (χ2v) is 8.11. The second kappa shape index (κ2) is 12.3. The van der Waals surface area contributed by atoms with Crippen LogP contribution in [-0.2, 0) is 19.1 Å². The first-order valence-corrected chi connectivity index (χ1v) is 11.2. The van der Waals surface area contributed by atoms with Gasteiger partial charge in [-0.3, -0.25) is 14.4 Å². The van der Waals surface area contributed by atoms with Gasteiger partial charge in [0.2, 0.25) is 5.91 Å². The minimum atomic E-state index is -0.689. The van der Waals surface area contributed by atoms with Crippen LogP contribution in [0.5, 0.6) is 11.5 Å². The molecular formula is C24H19Cl3N2O5. The number of ether oxygens (including phenoxy) is 2. The highest BCUT2D eigenvalue weighted by atomic mass is 35.5. The largest absolute Gasteiger partial charge is 0.456 e. The summed E-state index contributed by atoms with van der Waals surface area (Å²) in [7, 11) is 0. The maximum atomic E-state index is 12.1. The fraction of sp³-hybridized carbons (Fsp3) is 0.125. The number of esters is 1. The monoisotopic (exact) mass is 520 g/mol. The number of hydrogen-bond donors (Lipinski definition) is 2. The van der Waals surface area contributed by atoms with Crippen molar-refractivity contribution < 1.29 is 23.9 Å².